The van der Waals surface area contributed by atoms with E-state index in [0.717, 1.165) is 19.5 Å². The maximum atomic E-state index is 12.5. The monoisotopic (exact) mass is 302 g/mol. The Morgan fingerprint density at radius 1 is 1.18 bits per heavy atom. The number of hydrogen-bond donors (Lipinski definition) is 0. The number of hydrogen-bond acceptors (Lipinski definition) is 4. The Hall–Kier alpha value is -1.39. The summed E-state index contributed by atoms with van der Waals surface area (Å²) in [4.78, 5) is 17.1. The zero-order chi connectivity index (χ0) is 15.7. The first-order valence-corrected chi connectivity index (χ1v) is 8.17. The van der Waals surface area contributed by atoms with Gasteiger partial charge in [0.2, 0.25) is 0 Å². The first kappa shape index (κ1) is 15.5. The Bertz CT molecular complexity index is 517. The SMILES string of the molecule is CN1CC2CC[C@H](N(C)C)C(C1)[C@H]2OC(=O)c1ccccc1. The number of piperidine rings is 1. The highest BCUT2D eigenvalue weighted by atomic mass is 16.5. The number of rotatable bonds is 3. The third kappa shape index (κ3) is 3.03. The van der Waals surface area contributed by atoms with Gasteiger partial charge in [0.1, 0.15) is 6.10 Å². The van der Waals surface area contributed by atoms with E-state index in [1.165, 1.54) is 6.42 Å². The standard InChI is InChI=1S/C18H26N2O2/c1-19(2)16-10-9-14-11-20(3)12-15(16)17(14)22-18(21)13-7-5-4-6-8-13/h4-8,14-17H,9-12H2,1-3H3/t14?,15?,16-,17-/m0/s1. The summed E-state index contributed by atoms with van der Waals surface area (Å²) < 4.78 is 5.98. The van der Waals surface area contributed by atoms with Crippen LogP contribution >= 0.6 is 0 Å². The molecule has 0 amide bonds. The predicted molar refractivity (Wildman–Crippen MR) is 86.8 cm³/mol. The molecule has 2 aliphatic rings. The lowest BCUT2D eigenvalue weighted by molar-refractivity contribution is -0.0873. The van der Waals surface area contributed by atoms with Crippen molar-refractivity contribution in [3.05, 3.63) is 35.9 Å². The molecule has 1 aliphatic carbocycles. The summed E-state index contributed by atoms with van der Waals surface area (Å²) in [6.07, 6.45) is 2.39. The van der Waals surface area contributed by atoms with Crippen molar-refractivity contribution in [1.29, 1.82) is 0 Å². The molecular formula is C18H26N2O2. The molecule has 2 fully saturated rings. The van der Waals surface area contributed by atoms with Crippen LogP contribution < -0.4 is 0 Å². The van der Waals surface area contributed by atoms with Crippen LogP contribution in [0.1, 0.15) is 23.2 Å². The van der Waals surface area contributed by atoms with Crippen molar-refractivity contribution < 1.29 is 9.53 Å². The molecule has 1 saturated heterocycles. The molecule has 0 aromatic heterocycles. The van der Waals surface area contributed by atoms with E-state index >= 15 is 0 Å². The van der Waals surface area contributed by atoms with Gasteiger partial charge in [-0.25, -0.2) is 4.79 Å². The van der Waals surface area contributed by atoms with Crippen molar-refractivity contribution in [1.82, 2.24) is 9.80 Å². The van der Waals surface area contributed by atoms with Gasteiger partial charge < -0.3 is 14.5 Å². The summed E-state index contributed by atoms with van der Waals surface area (Å²) in [6, 6.07) is 9.84. The predicted octanol–water partition coefficient (Wildman–Crippen LogP) is 2.11. The van der Waals surface area contributed by atoms with Gasteiger partial charge in [0.05, 0.1) is 5.56 Å². The fourth-order valence-corrected chi connectivity index (χ4v) is 4.18. The Morgan fingerprint density at radius 3 is 2.59 bits per heavy atom. The highest BCUT2D eigenvalue weighted by molar-refractivity contribution is 5.89. The van der Waals surface area contributed by atoms with Gasteiger partial charge in [-0.15, -0.1) is 0 Å². The smallest absolute Gasteiger partial charge is 0.338 e. The molecule has 4 atom stereocenters. The lowest BCUT2D eigenvalue weighted by Crippen LogP contribution is -2.59. The van der Waals surface area contributed by atoms with Crippen LogP contribution in [0.25, 0.3) is 0 Å². The Balaban J connectivity index is 1.78. The minimum absolute atomic E-state index is 0.0463. The van der Waals surface area contributed by atoms with E-state index in [0.29, 0.717) is 23.4 Å². The molecule has 1 aliphatic heterocycles. The Kier molecular flexibility index (Phi) is 4.50. The quantitative estimate of drug-likeness (QED) is 0.801. The average Bonchev–Trinajstić information content (AvgIpc) is 2.49. The van der Waals surface area contributed by atoms with E-state index in [-0.39, 0.29) is 12.1 Å². The lowest BCUT2D eigenvalue weighted by atomic mass is 9.72. The fraction of sp³-hybridized carbons (Fsp3) is 0.611. The third-order valence-corrected chi connectivity index (χ3v) is 5.20. The first-order valence-electron chi connectivity index (χ1n) is 8.17. The van der Waals surface area contributed by atoms with Gasteiger partial charge in [0.25, 0.3) is 0 Å². The van der Waals surface area contributed by atoms with Gasteiger partial charge in [-0.3, -0.25) is 0 Å². The van der Waals surface area contributed by atoms with E-state index in [2.05, 4.69) is 30.9 Å². The normalized spacial score (nSPS) is 32.0. The largest absolute Gasteiger partial charge is 0.458 e. The van der Waals surface area contributed by atoms with Crippen LogP contribution in [-0.4, -0.2) is 62.1 Å². The van der Waals surface area contributed by atoms with Crippen LogP contribution in [0.5, 0.6) is 0 Å². The molecule has 4 nitrogen and oxygen atoms in total. The highest BCUT2D eigenvalue weighted by Gasteiger charge is 2.46. The summed E-state index contributed by atoms with van der Waals surface area (Å²) in [5, 5.41) is 0. The zero-order valence-corrected chi connectivity index (χ0v) is 13.7. The highest BCUT2D eigenvalue weighted by Crippen LogP contribution is 2.38. The molecule has 0 radical (unpaired) electrons. The lowest BCUT2D eigenvalue weighted by Gasteiger charge is -2.50. The first-order chi connectivity index (χ1) is 10.6. The summed E-state index contributed by atoms with van der Waals surface area (Å²) >= 11 is 0. The molecule has 0 N–H and O–H groups in total. The molecule has 2 bridgehead atoms. The Morgan fingerprint density at radius 2 is 1.91 bits per heavy atom. The molecule has 3 rings (SSSR count). The summed E-state index contributed by atoms with van der Waals surface area (Å²) in [5.74, 6) is 0.692. The second-order valence-electron chi connectivity index (χ2n) is 6.99. The average molecular weight is 302 g/mol. The molecule has 4 heteroatoms. The van der Waals surface area contributed by atoms with E-state index in [1.54, 1.807) is 0 Å². The second kappa shape index (κ2) is 6.39. The van der Waals surface area contributed by atoms with E-state index in [9.17, 15) is 4.79 Å². The molecular weight excluding hydrogens is 276 g/mol. The van der Waals surface area contributed by atoms with Gasteiger partial charge in [0, 0.05) is 31.0 Å². The number of carbonyl (C=O) groups is 1. The minimum Gasteiger partial charge on any atom is -0.458 e. The third-order valence-electron chi connectivity index (χ3n) is 5.20. The molecule has 1 aromatic carbocycles. The van der Waals surface area contributed by atoms with Gasteiger partial charge >= 0.3 is 5.97 Å². The maximum absolute atomic E-state index is 12.5. The topological polar surface area (TPSA) is 32.8 Å². The molecule has 2 unspecified atom stereocenters. The number of benzene rings is 1. The van der Waals surface area contributed by atoms with E-state index < -0.39 is 0 Å². The fourth-order valence-electron chi connectivity index (χ4n) is 4.18. The van der Waals surface area contributed by atoms with Gasteiger partial charge in [-0.2, -0.15) is 0 Å². The van der Waals surface area contributed by atoms with Crippen molar-refractivity contribution in [3.63, 3.8) is 0 Å². The number of likely N-dealkylation sites (tertiary alicyclic amines) is 1. The number of esters is 1. The molecule has 1 aromatic rings. The number of carbonyl (C=O) groups excluding carboxylic acids is 1. The van der Waals surface area contributed by atoms with E-state index in [1.807, 2.05) is 30.3 Å². The number of fused-ring (bicyclic) bond motifs is 2. The van der Waals surface area contributed by atoms with Gasteiger partial charge in [-0.1, -0.05) is 18.2 Å². The summed E-state index contributed by atoms with van der Waals surface area (Å²) in [7, 11) is 6.44. The molecule has 1 saturated carbocycles. The summed E-state index contributed by atoms with van der Waals surface area (Å²) in [5.41, 5.74) is 0.654. The Labute approximate surface area is 133 Å². The van der Waals surface area contributed by atoms with Crippen LogP contribution in [0.2, 0.25) is 0 Å². The van der Waals surface area contributed by atoms with Crippen molar-refractivity contribution in [2.45, 2.75) is 25.0 Å². The number of ether oxygens (including phenoxy) is 1. The number of nitrogens with zero attached hydrogens (tertiary/aromatic N) is 2. The van der Waals surface area contributed by atoms with Crippen molar-refractivity contribution in [2.24, 2.45) is 11.8 Å². The second-order valence-corrected chi connectivity index (χ2v) is 6.99. The van der Waals surface area contributed by atoms with Crippen LogP contribution in [-0.2, 0) is 4.74 Å². The van der Waals surface area contributed by atoms with E-state index in [4.69, 9.17) is 4.74 Å². The van der Waals surface area contributed by atoms with Crippen molar-refractivity contribution >= 4 is 5.97 Å². The van der Waals surface area contributed by atoms with Crippen LogP contribution in [0, 0.1) is 11.8 Å². The molecule has 22 heavy (non-hydrogen) atoms. The molecule has 0 spiro atoms. The van der Waals surface area contributed by atoms with Gasteiger partial charge in [-0.05, 0) is 46.1 Å². The van der Waals surface area contributed by atoms with Crippen molar-refractivity contribution in [3.8, 4) is 0 Å². The molecule has 120 valence electrons. The zero-order valence-electron chi connectivity index (χ0n) is 13.7. The van der Waals surface area contributed by atoms with Gasteiger partial charge in [0.15, 0.2) is 0 Å². The van der Waals surface area contributed by atoms with Crippen LogP contribution in [0.3, 0.4) is 0 Å². The maximum Gasteiger partial charge on any atom is 0.338 e. The van der Waals surface area contributed by atoms with Crippen LogP contribution in [0.15, 0.2) is 30.3 Å². The van der Waals surface area contributed by atoms with Crippen molar-refractivity contribution in [2.75, 3.05) is 34.2 Å². The molecule has 1 heterocycles. The summed E-state index contributed by atoms with van der Waals surface area (Å²) in [6.45, 7) is 2.04. The minimum atomic E-state index is -0.176. The van der Waals surface area contributed by atoms with Crippen LogP contribution in [0.4, 0.5) is 0 Å².